The number of hydrogen-bond donors (Lipinski definition) is 2. The van der Waals surface area contributed by atoms with E-state index in [1.54, 1.807) is 6.92 Å². The Kier molecular flexibility index (Phi) is 4.41. The lowest BCUT2D eigenvalue weighted by molar-refractivity contribution is -0.383. The Labute approximate surface area is 130 Å². The van der Waals surface area contributed by atoms with Crippen LogP contribution in [0.15, 0.2) is 4.79 Å². The van der Waals surface area contributed by atoms with E-state index in [9.17, 15) is 24.8 Å². The Hall–Kier alpha value is -2.81. The fraction of sp³-hybridized carbons (Fsp3) is 0.357. The number of aromatic amines is 1. The number of aromatic nitrogens is 2. The van der Waals surface area contributed by atoms with Crippen molar-refractivity contribution in [2.75, 3.05) is 6.61 Å². The van der Waals surface area contributed by atoms with Crippen molar-refractivity contribution in [3.05, 3.63) is 42.9 Å². The smallest absolute Gasteiger partial charge is 0.338 e. The number of aliphatic hydroxyl groups excluding tert-OH is 1. The number of hydrogen-bond acceptors (Lipinski definition) is 7. The summed E-state index contributed by atoms with van der Waals surface area (Å²) in [5.41, 5.74) is -0.848. The van der Waals surface area contributed by atoms with Crippen LogP contribution in [-0.2, 0) is 11.3 Å². The van der Waals surface area contributed by atoms with Gasteiger partial charge in [-0.1, -0.05) is 0 Å². The molecule has 1 aromatic heterocycles. The van der Waals surface area contributed by atoms with Crippen LogP contribution in [0.3, 0.4) is 0 Å². The summed E-state index contributed by atoms with van der Waals surface area (Å²) in [5.74, 6) is -0.741. The predicted molar refractivity (Wildman–Crippen MR) is 80.4 cm³/mol. The number of nitro benzene ring substituents is 1. The van der Waals surface area contributed by atoms with Crippen LogP contribution in [0.5, 0.6) is 0 Å². The van der Waals surface area contributed by atoms with Gasteiger partial charge in [-0.25, -0.2) is 9.89 Å². The molecule has 0 unspecified atom stereocenters. The highest BCUT2D eigenvalue weighted by Gasteiger charge is 2.30. The molecule has 9 heteroatoms. The van der Waals surface area contributed by atoms with Crippen LogP contribution in [0.1, 0.15) is 34.1 Å². The highest BCUT2D eigenvalue weighted by Crippen LogP contribution is 2.35. The lowest BCUT2D eigenvalue weighted by Gasteiger charge is -2.13. The average molecular weight is 321 g/mol. The lowest BCUT2D eigenvalue weighted by Crippen LogP contribution is -2.18. The van der Waals surface area contributed by atoms with E-state index < -0.39 is 28.7 Å². The minimum Gasteiger partial charge on any atom is -0.462 e. The van der Waals surface area contributed by atoms with E-state index in [-0.39, 0.29) is 39.8 Å². The highest BCUT2D eigenvalue weighted by molar-refractivity contribution is 6.05. The number of nitro groups is 1. The number of rotatable bonds is 4. The Bertz CT molecular complexity index is 871. The molecule has 0 aliphatic carbocycles. The molecule has 122 valence electrons. The molecular formula is C14H15N3O6. The Morgan fingerprint density at radius 1 is 1.35 bits per heavy atom. The summed E-state index contributed by atoms with van der Waals surface area (Å²) in [6.07, 6.45) is 0. The molecule has 0 atom stereocenters. The number of aryl methyl sites for hydroxylation is 1. The summed E-state index contributed by atoms with van der Waals surface area (Å²) in [6, 6.07) is 0. The molecule has 0 aliphatic heterocycles. The quantitative estimate of drug-likeness (QED) is 0.489. The van der Waals surface area contributed by atoms with Gasteiger partial charge in [0.1, 0.15) is 5.69 Å². The van der Waals surface area contributed by atoms with Crippen LogP contribution < -0.4 is 5.56 Å². The topological polar surface area (TPSA) is 135 Å². The van der Waals surface area contributed by atoms with Gasteiger partial charge in [-0.15, -0.1) is 0 Å². The fourth-order valence-electron chi connectivity index (χ4n) is 2.66. The largest absolute Gasteiger partial charge is 0.462 e. The highest BCUT2D eigenvalue weighted by atomic mass is 16.6. The van der Waals surface area contributed by atoms with Crippen molar-refractivity contribution in [3.63, 3.8) is 0 Å². The van der Waals surface area contributed by atoms with E-state index in [1.165, 1.54) is 13.8 Å². The van der Waals surface area contributed by atoms with Gasteiger partial charge in [0.05, 0.1) is 34.5 Å². The van der Waals surface area contributed by atoms with Crippen molar-refractivity contribution >= 4 is 22.4 Å². The van der Waals surface area contributed by atoms with Gasteiger partial charge in [0.25, 0.3) is 11.2 Å². The van der Waals surface area contributed by atoms with Gasteiger partial charge in [0, 0.05) is 5.56 Å². The summed E-state index contributed by atoms with van der Waals surface area (Å²) in [7, 11) is 0. The first-order chi connectivity index (χ1) is 10.8. The number of ether oxygens (including phenoxy) is 1. The standard InChI is InChI=1S/C14H15N3O6/c1-4-23-14(20)9-6(2)10-11(12(7(9)3)17(21)22)8(5-18)15-16-13(10)19/h18H,4-5H2,1-3H3,(H,16,19). The molecule has 0 saturated heterocycles. The number of nitrogens with zero attached hydrogens (tertiary/aromatic N) is 2. The first-order valence-electron chi connectivity index (χ1n) is 6.81. The molecule has 0 saturated carbocycles. The van der Waals surface area contributed by atoms with Gasteiger partial charge in [0.2, 0.25) is 0 Å². The molecule has 23 heavy (non-hydrogen) atoms. The fourth-order valence-corrected chi connectivity index (χ4v) is 2.66. The van der Waals surface area contributed by atoms with Crippen molar-refractivity contribution < 1.29 is 19.6 Å². The van der Waals surface area contributed by atoms with Gasteiger partial charge < -0.3 is 9.84 Å². The number of H-pyrrole nitrogens is 1. The number of esters is 1. The number of carbonyl (C=O) groups is 1. The maximum Gasteiger partial charge on any atom is 0.338 e. The molecule has 0 amide bonds. The van der Waals surface area contributed by atoms with Crippen molar-refractivity contribution in [2.45, 2.75) is 27.4 Å². The second kappa shape index (κ2) is 6.13. The van der Waals surface area contributed by atoms with Crippen molar-refractivity contribution in [1.29, 1.82) is 0 Å². The third-order valence-corrected chi connectivity index (χ3v) is 3.59. The number of aliphatic hydroxyl groups is 1. The first-order valence-corrected chi connectivity index (χ1v) is 6.81. The van der Waals surface area contributed by atoms with Gasteiger partial charge in [-0.2, -0.15) is 5.10 Å². The zero-order valence-corrected chi connectivity index (χ0v) is 12.8. The molecular weight excluding hydrogens is 306 g/mol. The van der Waals surface area contributed by atoms with Gasteiger partial charge in [0.15, 0.2) is 0 Å². The molecule has 0 aliphatic rings. The average Bonchev–Trinajstić information content (AvgIpc) is 2.47. The Balaban J connectivity index is 3.09. The molecule has 2 aromatic rings. The third kappa shape index (κ3) is 2.55. The van der Waals surface area contributed by atoms with E-state index in [0.717, 1.165) is 0 Å². The van der Waals surface area contributed by atoms with E-state index in [1.807, 2.05) is 0 Å². The van der Waals surface area contributed by atoms with E-state index >= 15 is 0 Å². The van der Waals surface area contributed by atoms with Crippen LogP contribution in [0.25, 0.3) is 10.8 Å². The van der Waals surface area contributed by atoms with E-state index in [2.05, 4.69) is 10.2 Å². The second-order valence-corrected chi connectivity index (χ2v) is 4.86. The molecule has 0 spiro atoms. The maximum atomic E-state index is 12.1. The molecule has 0 fully saturated rings. The van der Waals surface area contributed by atoms with Crippen LogP contribution >= 0.6 is 0 Å². The minimum atomic E-state index is -0.741. The first kappa shape index (κ1) is 16.6. The van der Waals surface area contributed by atoms with E-state index in [4.69, 9.17) is 4.74 Å². The molecule has 2 N–H and O–H groups in total. The molecule has 0 radical (unpaired) electrons. The monoisotopic (exact) mass is 321 g/mol. The van der Waals surface area contributed by atoms with Crippen molar-refractivity contribution in [3.8, 4) is 0 Å². The van der Waals surface area contributed by atoms with Crippen molar-refractivity contribution in [2.24, 2.45) is 0 Å². The summed E-state index contributed by atoms with van der Waals surface area (Å²) >= 11 is 0. The minimum absolute atomic E-state index is 0.0216. The molecule has 9 nitrogen and oxygen atoms in total. The third-order valence-electron chi connectivity index (χ3n) is 3.59. The zero-order valence-electron chi connectivity index (χ0n) is 12.8. The normalized spacial score (nSPS) is 10.8. The number of benzene rings is 1. The van der Waals surface area contributed by atoms with Crippen LogP contribution in [0, 0.1) is 24.0 Å². The Morgan fingerprint density at radius 2 is 2.00 bits per heavy atom. The number of nitrogens with one attached hydrogen (secondary N) is 1. The van der Waals surface area contributed by atoms with E-state index in [0.29, 0.717) is 0 Å². The Morgan fingerprint density at radius 3 is 2.52 bits per heavy atom. The summed E-state index contributed by atoms with van der Waals surface area (Å²) < 4.78 is 4.93. The number of carbonyl (C=O) groups excluding carboxylic acids is 1. The maximum absolute atomic E-state index is 12.1. The van der Waals surface area contributed by atoms with Gasteiger partial charge in [-0.05, 0) is 26.3 Å². The zero-order chi connectivity index (χ0) is 17.3. The summed E-state index contributed by atoms with van der Waals surface area (Å²) in [6.45, 7) is 4.02. The van der Waals surface area contributed by atoms with Gasteiger partial charge in [-0.3, -0.25) is 14.9 Å². The van der Waals surface area contributed by atoms with Crippen LogP contribution in [-0.4, -0.2) is 32.8 Å². The predicted octanol–water partition coefficient (Wildman–Crippen LogP) is 1.12. The molecule has 0 bridgehead atoms. The SMILES string of the molecule is CCOC(=O)c1c(C)c([N+](=O)[O-])c2c(CO)n[nH]c(=O)c2c1C. The van der Waals surface area contributed by atoms with Crippen LogP contribution in [0.4, 0.5) is 5.69 Å². The summed E-state index contributed by atoms with van der Waals surface area (Å²) in [4.78, 5) is 35.1. The molecule has 2 rings (SSSR count). The molecule has 1 aromatic carbocycles. The van der Waals surface area contributed by atoms with Crippen molar-refractivity contribution in [1.82, 2.24) is 10.2 Å². The van der Waals surface area contributed by atoms with Crippen LogP contribution in [0.2, 0.25) is 0 Å². The van der Waals surface area contributed by atoms with Gasteiger partial charge >= 0.3 is 5.97 Å². The second-order valence-electron chi connectivity index (χ2n) is 4.86. The lowest BCUT2D eigenvalue weighted by atomic mass is 9.93. The molecule has 1 heterocycles. The number of fused-ring (bicyclic) bond motifs is 1. The summed E-state index contributed by atoms with van der Waals surface area (Å²) in [5, 5.41) is 26.6.